The van der Waals surface area contributed by atoms with E-state index in [1.54, 1.807) is 26.0 Å². The molecule has 5 rings (SSSR count). The van der Waals surface area contributed by atoms with Gasteiger partial charge in [-0.1, -0.05) is 12.1 Å². The van der Waals surface area contributed by atoms with Crippen LogP contribution < -0.4 is 9.46 Å². The molecule has 2 fully saturated rings. The van der Waals surface area contributed by atoms with Crippen molar-refractivity contribution in [3.8, 4) is 23.1 Å². The van der Waals surface area contributed by atoms with Crippen molar-refractivity contribution in [2.75, 3.05) is 24.7 Å². The summed E-state index contributed by atoms with van der Waals surface area (Å²) in [4.78, 5) is 0. The van der Waals surface area contributed by atoms with E-state index < -0.39 is 15.3 Å². The van der Waals surface area contributed by atoms with Gasteiger partial charge in [0.1, 0.15) is 31.3 Å². The Hall–Kier alpha value is -3.06. The summed E-state index contributed by atoms with van der Waals surface area (Å²) < 4.78 is 46.0. The Morgan fingerprint density at radius 2 is 1.97 bits per heavy atom. The van der Waals surface area contributed by atoms with E-state index in [2.05, 4.69) is 15.4 Å². The molecule has 0 spiro atoms. The molecular formula is C26H29N3O5S. The largest absolute Gasteiger partial charge is 0.491 e. The number of nitrogens with one attached hydrogen (secondary N) is 1. The summed E-state index contributed by atoms with van der Waals surface area (Å²) in [6.07, 6.45) is 3.19. The third kappa shape index (κ3) is 4.61. The summed E-state index contributed by atoms with van der Waals surface area (Å²) >= 11 is 0. The number of benzene rings is 2. The predicted molar refractivity (Wildman–Crippen MR) is 134 cm³/mol. The van der Waals surface area contributed by atoms with Crippen LogP contribution in [0.1, 0.15) is 44.7 Å². The van der Waals surface area contributed by atoms with Gasteiger partial charge in [0.2, 0.25) is 10.0 Å². The average molecular weight is 496 g/mol. The normalized spacial score (nSPS) is 18.5. The van der Waals surface area contributed by atoms with E-state index in [9.17, 15) is 13.7 Å². The number of ether oxygens (including phenoxy) is 3. The van der Waals surface area contributed by atoms with Crippen molar-refractivity contribution in [3.05, 3.63) is 48.0 Å². The molecule has 1 aromatic heterocycles. The lowest BCUT2D eigenvalue weighted by Gasteiger charge is -2.30. The molecule has 35 heavy (non-hydrogen) atoms. The number of nitrogens with zero attached hydrogens (tertiary/aromatic N) is 2. The number of rotatable bonds is 8. The smallest absolute Gasteiger partial charge is 0.235 e. The molecule has 1 N–H and O–H groups in total. The van der Waals surface area contributed by atoms with Crippen LogP contribution in [0.2, 0.25) is 0 Å². The molecule has 1 saturated heterocycles. The number of aromatic nitrogens is 1. The van der Waals surface area contributed by atoms with Gasteiger partial charge >= 0.3 is 0 Å². The second-order valence-electron chi connectivity index (χ2n) is 9.33. The van der Waals surface area contributed by atoms with Crippen LogP contribution in [-0.4, -0.2) is 44.3 Å². The molecule has 2 aromatic carbocycles. The highest BCUT2D eigenvalue weighted by atomic mass is 32.2. The zero-order valence-electron chi connectivity index (χ0n) is 19.9. The first-order chi connectivity index (χ1) is 16.9. The summed E-state index contributed by atoms with van der Waals surface area (Å²) in [6.45, 7) is 4.46. The van der Waals surface area contributed by atoms with Gasteiger partial charge in [-0.25, -0.2) is 8.42 Å². The lowest BCUT2D eigenvalue weighted by atomic mass is 9.92. The van der Waals surface area contributed by atoms with E-state index in [0.29, 0.717) is 36.3 Å². The molecule has 1 aliphatic heterocycles. The molecule has 0 amide bonds. The number of hydrogen-bond donors (Lipinski definition) is 1. The van der Waals surface area contributed by atoms with E-state index in [1.165, 1.54) is 0 Å². The van der Waals surface area contributed by atoms with Crippen molar-refractivity contribution >= 4 is 26.6 Å². The fraction of sp³-hybridized carbons (Fsp3) is 0.423. The molecule has 8 nitrogen and oxygen atoms in total. The van der Waals surface area contributed by atoms with Gasteiger partial charge in [-0.3, -0.25) is 4.72 Å². The standard InChI is InChI=1S/C26H29N3O5S/c1-17(2)35(30,31)28-19-8-6-18(7-9-19)26-24(13-27)23-12-21(33-15-22-14-32-16-34-22)10-11-25(23)29(26)20-4-3-5-20/h6-12,17,20,22,28H,3-5,14-16H2,1-2H3. The van der Waals surface area contributed by atoms with Gasteiger partial charge in [0.25, 0.3) is 0 Å². The Morgan fingerprint density at radius 1 is 1.20 bits per heavy atom. The first kappa shape index (κ1) is 23.7. The second kappa shape index (κ2) is 9.53. The number of nitriles is 1. The van der Waals surface area contributed by atoms with Crippen molar-refractivity contribution in [2.24, 2.45) is 0 Å². The van der Waals surface area contributed by atoms with Crippen LogP contribution in [-0.2, 0) is 19.5 Å². The maximum atomic E-state index is 12.2. The van der Waals surface area contributed by atoms with Crippen molar-refractivity contribution in [3.63, 3.8) is 0 Å². The highest BCUT2D eigenvalue weighted by Crippen LogP contribution is 2.43. The minimum absolute atomic E-state index is 0.0945. The van der Waals surface area contributed by atoms with E-state index in [4.69, 9.17) is 14.2 Å². The zero-order chi connectivity index (χ0) is 24.6. The van der Waals surface area contributed by atoms with Gasteiger partial charge in [-0.15, -0.1) is 0 Å². The summed E-state index contributed by atoms with van der Waals surface area (Å²) in [7, 11) is -3.43. The maximum absolute atomic E-state index is 12.2. The molecule has 0 radical (unpaired) electrons. The van der Waals surface area contributed by atoms with Gasteiger partial charge in [-0.05, 0) is 69.0 Å². The molecule has 1 saturated carbocycles. The van der Waals surface area contributed by atoms with E-state index >= 15 is 0 Å². The topological polar surface area (TPSA) is 103 Å². The highest BCUT2D eigenvalue weighted by molar-refractivity contribution is 7.93. The minimum atomic E-state index is -3.43. The first-order valence-electron chi connectivity index (χ1n) is 11.9. The molecule has 184 valence electrons. The third-order valence-electron chi connectivity index (χ3n) is 6.69. The molecular weight excluding hydrogens is 466 g/mol. The monoisotopic (exact) mass is 495 g/mol. The maximum Gasteiger partial charge on any atom is 0.235 e. The molecule has 0 bridgehead atoms. The molecule has 1 atom stereocenters. The number of sulfonamides is 1. The van der Waals surface area contributed by atoms with Gasteiger partial charge in [0.05, 0.1) is 28.6 Å². The Morgan fingerprint density at radius 3 is 2.57 bits per heavy atom. The third-order valence-corrected chi connectivity index (χ3v) is 8.45. The van der Waals surface area contributed by atoms with Crippen molar-refractivity contribution < 1.29 is 22.6 Å². The van der Waals surface area contributed by atoms with Crippen molar-refractivity contribution in [1.82, 2.24) is 4.57 Å². The molecule has 9 heteroatoms. The Balaban J connectivity index is 1.53. The van der Waals surface area contributed by atoms with Crippen LogP contribution in [0.3, 0.4) is 0 Å². The lowest BCUT2D eigenvalue weighted by Crippen LogP contribution is -2.22. The van der Waals surface area contributed by atoms with Crippen LogP contribution in [0.4, 0.5) is 5.69 Å². The van der Waals surface area contributed by atoms with Crippen LogP contribution in [0, 0.1) is 11.3 Å². The summed E-state index contributed by atoms with van der Waals surface area (Å²) in [5, 5.41) is 10.5. The van der Waals surface area contributed by atoms with Gasteiger partial charge < -0.3 is 18.8 Å². The Labute approximate surface area is 205 Å². The van der Waals surface area contributed by atoms with Crippen LogP contribution >= 0.6 is 0 Å². The van der Waals surface area contributed by atoms with Crippen LogP contribution in [0.15, 0.2) is 42.5 Å². The van der Waals surface area contributed by atoms with Gasteiger partial charge in [0, 0.05) is 17.1 Å². The summed E-state index contributed by atoms with van der Waals surface area (Å²) in [6, 6.07) is 15.9. The second-order valence-corrected chi connectivity index (χ2v) is 11.6. The quantitative estimate of drug-likeness (QED) is 0.481. The number of hydrogen-bond acceptors (Lipinski definition) is 6. The molecule has 3 aromatic rings. The lowest BCUT2D eigenvalue weighted by molar-refractivity contribution is 0.0320. The fourth-order valence-corrected chi connectivity index (χ4v) is 5.14. The Kier molecular flexibility index (Phi) is 6.45. The molecule has 2 aliphatic rings. The van der Waals surface area contributed by atoms with Crippen molar-refractivity contribution in [1.29, 1.82) is 5.26 Å². The minimum Gasteiger partial charge on any atom is -0.491 e. The highest BCUT2D eigenvalue weighted by Gasteiger charge is 2.28. The van der Waals surface area contributed by atoms with Gasteiger partial charge in [0.15, 0.2) is 0 Å². The zero-order valence-corrected chi connectivity index (χ0v) is 20.7. The number of anilines is 1. The molecule has 1 unspecified atom stereocenters. The molecule has 1 aliphatic carbocycles. The average Bonchev–Trinajstić information content (AvgIpc) is 3.43. The van der Waals surface area contributed by atoms with Crippen molar-refractivity contribution in [2.45, 2.75) is 50.5 Å². The SMILES string of the molecule is CC(C)S(=O)(=O)Nc1ccc(-c2c(C#N)c3cc(OCC4COCO4)ccc3n2C2CCC2)cc1. The predicted octanol–water partition coefficient (Wildman–Crippen LogP) is 4.81. The van der Waals surface area contributed by atoms with Crippen LogP contribution in [0.5, 0.6) is 5.75 Å². The first-order valence-corrected chi connectivity index (χ1v) is 13.4. The van der Waals surface area contributed by atoms with Gasteiger partial charge in [-0.2, -0.15) is 5.26 Å². The fourth-order valence-electron chi connectivity index (χ4n) is 4.44. The van der Waals surface area contributed by atoms with E-state index in [1.807, 2.05) is 30.3 Å². The molecule has 2 heterocycles. The number of fused-ring (bicyclic) bond motifs is 1. The Bertz CT molecular complexity index is 1360. The van der Waals surface area contributed by atoms with E-state index in [0.717, 1.165) is 41.4 Å². The summed E-state index contributed by atoms with van der Waals surface area (Å²) in [5.41, 5.74) is 3.82. The van der Waals surface area contributed by atoms with E-state index in [-0.39, 0.29) is 12.9 Å². The van der Waals surface area contributed by atoms with Crippen LogP contribution in [0.25, 0.3) is 22.2 Å². The summed E-state index contributed by atoms with van der Waals surface area (Å²) in [5.74, 6) is 0.681.